The van der Waals surface area contributed by atoms with Gasteiger partial charge < -0.3 is 19.5 Å². The predicted octanol–water partition coefficient (Wildman–Crippen LogP) is 2.40. The summed E-state index contributed by atoms with van der Waals surface area (Å²) in [5.74, 6) is -0.280. The van der Waals surface area contributed by atoms with Crippen LogP contribution in [0.5, 0.6) is 0 Å². The molecule has 0 spiro atoms. The van der Waals surface area contributed by atoms with E-state index in [0.717, 1.165) is 19.3 Å². The summed E-state index contributed by atoms with van der Waals surface area (Å²) >= 11 is 0. The van der Waals surface area contributed by atoms with Gasteiger partial charge in [-0.2, -0.15) is 4.31 Å². The van der Waals surface area contributed by atoms with Crippen LogP contribution < -0.4 is 5.32 Å². The SMILES string of the molecule is CCOC(=O)N1CCC(NC(=O)c2cn(-c3ccc(S(=O)(=O)N4CCCCC4)cc3)cn2)CC1. The van der Waals surface area contributed by atoms with E-state index in [1.807, 2.05) is 0 Å². The predicted molar refractivity (Wildman–Crippen MR) is 125 cm³/mol. The molecule has 3 heterocycles. The molecule has 2 fully saturated rings. The number of hydrogen-bond donors (Lipinski definition) is 1. The molecule has 184 valence electrons. The van der Waals surface area contributed by atoms with E-state index in [0.29, 0.717) is 51.3 Å². The molecule has 2 aromatic rings. The van der Waals surface area contributed by atoms with Gasteiger partial charge >= 0.3 is 6.09 Å². The summed E-state index contributed by atoms with van der Waals surface area (Å²) in [6.45, 7) is 4.30. The molecule has 11 heteroatoms. The zero-order chi connectivity index (χ0) is 24.1. The second kappa shape index (κ2) is 10.6. The summed E-state index contributed by atoms with van der Waals surface area (Å²) in [5.41, 5.74) is 0.990. The second-order valence-electron chi connectivity index (χ2n) is 8.56. The van der Waals surface area contributed by atoms with E-state index in [-0.39, 0.29) is 28.6 Å². The van der Waals surface area contributed by atoms with E-state index in [9.17, 15) is 18.0 Å². The molecule has 10 nitrogen and oxygen atoms in total. The highest BCUT2D eigenvalue weighted by Gasteiger charge is 2.27. The van der Waals surface area contributed by atoms with Crippen molar-refractivity contribution in [1.29, 1.82) is 0 Å². The molecule has 0 atom stereocenters. The summed E-state index contributed by atoms with van der Waals surface area (Å²) < 4.78 is 33.9. The van der Waals surface area contributed by atoms with E-state index < -0.39 is 10.0 Å². The maximum atomic E-state index is 12.8. The van der Waals surface area contributed by atoms with Gasteiger partial charge in [0.15, 0.2) is 0 Å². The average molecular weight is 490 g/mol. The lowest BCUT2D eigenvalue weighted by atomic mass is 10.1. The number of piperidine rings is 2. The van der Waals surface area contributed by atoms with Crippen molar-refractivity contribution in [2.24, 2.45) is 0 Å². The van der Waals surface area contributed by atoms with Gasteiger partial charge in [-0.25, -0.2) is 18.2 Å². The number of ether oxygens (including phenoxy) is 1. The number of likely N-dealkylation sites (tertiary alicyclic amines) is 1. The van der Waals surface area contributed by atoms with Gasteiger partial charge in [-0.1, -0.05) is 6.42 Å². The second-order valence-corrected chi connectivity index (χ2v) is 10.5. The van der Waals surface area contributed by atoms with Gasteiger partial charge in [0.25, 0.3) is 5.91 Å². The van der Waals surface area contributed by atoms with Crippen molar-refractivity contribution >= 4 is 22.0 Å². The van der Waals surface area contributed by atoms with Crippen LogP contribution in [0, 0.1) is 0 Å². The molecule has 2 saturated heterocycles. The smallest absolute Gasteiger partial charge is 0.409 e. The summed E-state index contributed by atoms with van der Waals surface area (Å²) in [5, 5.41) is 2.98. The quantitative estimate of drug-likeness (QED) is 0.667. The van der Waals surface area contributed by atoms with Gasteiger partial charge in [0, 0.05) is 44.1 Å². The third-order valence-corrected chi connectivity index (χ3v) is 8.17. The number of hydrogen-bond acceptors (Lipinski definition) is 6. The van der Waals surface area contributed by atoms with Crippen molar-refractivity contribution in [2.75, 3.05) is 32.8 Å². The Morgan fingerprint density at radius 2 is 1.74 bits per heavy atom. The molecule has 0 saturated carbocycles. The fourth-order valence-corrected chi connectivity index (χ4v) is 5.82. The monoisotopic (exact) mass is 489 g/mol. The number of amides is 2. The van der Waals surface area contributed by atoms with Crippen molar-refractivity contribution in [3.05, 3.63) is 42.5 Å². The lowest BCUT2D eigenvalue weighted by Gasteiger charge is -2.31. The van der Waals surface area contributed by atoms with Gasteiger partial charge in [-0.15, -0.1) is 0 Å². The molecular weight excluding hydrogens is 458 g/mol. The molecule has 0 radical (unpaired) electrons. The van der Waals surface area contributed by atoms with Crippen LogP contribution in [0.15, 0.2) is 41.7 Å². The normalized spacial score (nSPS) is 18.0. The minimum absolute atomic E-state index is 0.0393. The molecule has 0 unspecified atom stereocenters. The Balaban J connectivity index is 1.35. The Morgan fingerprint density at radius 3 is 2.38 bits per heavy atom. The Morgan fingerprint density at radius 1 is 1.06 bits per heavy atom. The van der Waals surface area contributed by atoms with Crippen LogP contribution >= 0.6 is 0 Å². The van der Waals surface area contributed by atoms with E-state index in [2.05, 4.69) is 10.3 Å². The Kier molecular flexibility index (Phi) is 7.52. The number of carbonyl (C=O) groups excluding carboxylic acids is 2. The Hall–Kier alpha value is -2.92. The maximum absolute atomic E-state index is 12.8. The van der Waals surface area contributed by atoms with E-state index >= 15 is 0 Å². The van der Waals surface area contributed by atoms with Crippen molar-refractivity contribution in [1.82, 2.24) is 24.1 Å². The highest BCUT2D eigenvalue weighted by Crippen LogP contribution is 2.22. The summed E-state index contributed by atoms with van der Waals surface area (Å²) in [4.78, 5) is 30.6. The molecule has 2 aliphatic rings. The van der Waals surface area contributed by atoms with Crippen molar-refractivity contribution in [3.63, 3.8) is 0 Å². The third kappa shape index (κ3) is 5.41. The van der Waals surface area contributed by atoms with Crippen LogP contribution in [-0.4, -0.2) is 78.0 Å². The Labute approximate surface area is 199 Å². The molecule has 2 aliphatic heterocycles. The van der Waals surface area contributed by atoms with Gasteiger partial charge in [0.2, 0.25) is 10.0 Å². The lowest BCUT2D eigenvalue weighted by Crippen LogP contribution is -2.46. The number of imidazole rings is 1. The highest BCUT2D eigenvalue weighted by atomic mass is 32.2. The molecule has 1 N–H and O–H groups in total. The number of rotatable bonds is 6. The molecule has 1 aromatic heterocycles. The molecule has 2 amide bonds. The van der Waals surface area contributed by atoms with Crippen LogP contribution in [0.1, 0.15) is 49.5 Å². The van der Waals surface area contributed by atoms with Crippen LogP contribution in [0.25, 0.3) is 5.69 Å². The van der Waals surface area contributed by atoms with E-state index in [1.54, 1.807) is 51.2 Å². The number of carbonyl (C=O) groups is 2. The van der Waals surface area contributed by atoms with Crippen LogP contribution in [0.4, 0.5) is 4.79 Å². The van der Waals surface area contributed by atoms with Crippen molar-refractivity contribution in [2.45, 2.75) is 50.0 Å². The fourth-order valence-electron chi connectivity index (χ4n) is 4.31. The number of nitrogens with zero attached hydrogens (tertiary/aromatic N) is 4. The van der Waals surface area contributed by atoms with Gasteiger partial charge in [0.1, 0.15) is 12.0 Å². The van der Waals surface area contributed by atoms with Gasteiger partial charge in [0.05, 0.1) is 11.5 Å². The molecule has 0 bridgehead atoms. The van der Waals surface area contributed by atoms with E-state index in [4.69, 9.17) is 4.74 Å². The van der Waals surface area contributed by atoms with Crippen molar-refractivity contribution in [3.8, 4) is 5.69 Å². The molecule has 4 rings (SSSR count). The Bertz CT molecular complexity index is 1100. The molecule has 34 heavy (non-hydrogen) atoms. The van der Waals surface area contributed by atoms with Crippen molar-refractivity contribution < 1.29 is 22.7 Å². The minimum atomic E-state index is -3.49. The lowest BCUT2D eigenvalue weighted by molar-refractivity contribution is 0.0857. The largest absolute Gasteiger partial charge is 0.450 e. The molecule has 0 aliphatic carbocycles. The summed E-state index contributed by atoms with van der Waals surface area (Å²) in [6, 6.07) is 6.58. The number of aromatic nitrogens is 2. The third-order valence-electron chi connectivity index (χ3n) is 6.26. The molecular formula is C23H31N5O5S. The van der Waals surface area contributed by atoms with Gasteiger partial charge in [-0.3, -0.25) is 4.79 Å². The maximum Gasteiger partial charge on any atom is 0.409 e. The zero-order valence-electron chi connectivity index (χ0n) is 19.4. The van der Waals surface area contributed by atoms with Gasteiger partial charge in [-0.05, 0) is 56.9 Å². The average Bonchev–Trinajstić information content (AvgIpc) is 3.36. The highest BCUT2D eigenvalue weighted by molar-refractivity contribution is 7.89. The van der Waals surface area contributed by atoms with E-state index in [1.165, 1.54) is 6.33 Å². The number of benzene rings is 1. The number of nitrogens with one attached hydrogen (secondary N) is 1. The first kappa shape index (κ1) is 24.2. The molecule has 1 aromatic carbocycles. The minimum Gasteiger partial charge on any atom is -0.450 e. The summed E-state index contributed by atoms with van der Waals surface area (Å²) in [7, 11) is -3.49. The fraction of sp³-hybridized carbons (Fsp3) is 0.522. The first-order valence-corrected chi connectivity index (χ1v) is 13.2. The summed E-state index contributed by atoms with van der Waals surface area (Å²) in [6.07, 6.45) is 6.98. The van der Waals surface area contributed by atoms with Crippen LogP contribution in [0.3, 0.4) is 0 Å². The topological polar surface area (TPSA) is 114 Å². The number of sulfonamides is 1. The zero-order valence-corrected chi connectivity index (χ0v) is 20.2. The first-order valence-electron chi connectivity index (χ1n) is 11.8. The van der Waals surface area contributed by atoms with Crippen LogP contribution in [0.2, 0.25) is 0 Å². The standard InChI is InChI=1S/C23H31N5O5S/c1-2-33-23(30)26-14-10-18(11-15-26)25-22(29)21-16-27(17-24-21)19-6-8-20(9-7-19)34(31,32)28-12-4-3-5-13-28/h6-9,16-18H,2-5,10-15H2,1H3,(H,25,29). The first-order chi connectivity index (χ1) is 16.4. The van der Waals surface area contributed by atoms with Crippen LogP contribution in [-0.2, 0) is 14.8 Å².